The molecule has 1 saturated carbocycles. The lowest BCUT2D eigenvalue weighted by Crippen LogP contribution is -2.29. The van der Waals surface area contributed by atoms with Crippen LogP contribution in [0.1, 0.15) is 44.2 Å². The first kappa shape index (κ1) is 22.5. The van der Waals surface area contributed by atoms with Gasteiger partial charge < -0.3 is 19.7 Å². The number of methoxy groups -OCH3 is 1. The molecule has 0 spiro atoms. The Morgan fingerprint density at radius 2 is 2.00 bits per heavy atom. The van der Waals surface area contributed by atoms with Crippen molar-refractivity contribution in [2.75, 3.05) is 20.2 Å². The third-order valence-electron chi connectivity index (χ3n) is 6.56. The van der Waals surface area contributed by atoms with E-state index in [9.17, 15) is 9.59 Å². The van der Waals surface area contributed by atoms with Crippen LogP contribution in [0.5, 0.6) is 11.5 Å². The van der Waals surface area contributed by atoms with Crippen LogP contribution in [-0.4, -0.2) is 54.0 Å². The Morgan fingerprint density at radius 3 is 2.77 bits per heavy atom. The summed E-state index contributed by atoms with van der Waals surface area (Å²) in [5, 5.41) is 4.04. The van der Waals surface area contributed by atoms with Gasteiger partial charge in [-0.3, -0.25) is 14.6 Å². The van der Waals surface area contributed by atoms with Crippen molar-refractivity contribution in [3.63, 3.8) is 0 Å². The van der Waals surface area contributed by atoms with Gasteiger partial charge in [0.2, 0.25) is 0 Å². The Labute approximate surface area is 210 Å². The number of carbonyl (C=O) groups excluding carboxylic acids is 2. The summed E-state index contributed by atoms with van der Waals surface area (Å²) < 4.78 is 13.5. The molecule has 180 valence electrons. The zero-order chi connectivity index (χ0) is 24.1. The van der Waals surface area contributed by atoms with Crippen molar-refractivity contribution in [1.82, 2.24) is 15.2 Å². The van der Waals surface area contributed by atoms with E-state index in [-0.39, 0.29) is 17.9 Å². The van der Waals surface area contributed by atoms with E-state index in [0.717, 1.165) is 50.0 Å². The molecule has 1 saturated heterocycles. The van der Waals surface area contributed by atoms with Crippen LogP contribution < -0.4 is 10.1 Å². The summed E-state index contributed by atoms with van der Waals surface area (Å²) in [6.07, 6.45) is 4.78. The highest BCUT2D eigenvalue weighted by atomic mass is 32.1. The maximum Gasteiger partial charge on any atom is 0.264 e. The van der Waals surface area contributed by atoms with E-state index in [1.54, 1.807) is 24.6 Å². The molecule has 2 amide bonds. The predicted octanol–water partition coefficient (Wildman–Crippen LogP) is 5.36. The fraction of sp³-hybridized carbons (Fsp3) is 0.346. The molecule has 7 nitrogen and oxygen atoms in total. The monoisotopic (exact) mass is 507 g/mol. The van der Waals surface area contributed by atoms with Gasteiger partial charge in [0.1, 0.15) is 11.5 Å². The number of nitrogens with one attached hydrogen (secondary N) is 1. The molecule has 2 aliphatic rings. The number of fused-ring (bicyclic) bond motifs is 2. The van der Waals surface area contributed by atoms with Gasteiger partial charge in [0, 0.05) is 53.5 Å². The van der Waals surface area contributed by atoms with Crippen LogP contribution in [0.15, 0.2) is 36.5 Å². The number of nitrogens with zero attached hydrogens (tertiary/aromatic N) is 2. The highest BCUT2D eigenvalue weighted by Crippen LogP contribution is 2.38. The highest BCUT2D eigenvalue weighted by Gasteiger charge is 2.29. The number of hydrogen-bond acceptors (Lipinski definition) is 7. The van der Waals surface area contributed by atoms with E-state index in [4.69, 9.17) is 9.47 Å². The predicted molar refractivity (Wildman–Crippen MR) is 138 cm³/mol. The summed E-state index contributed by atoms with van der Waals surface area (Å²) in [6.45, 7) is 3.30. The maximum atomic E-state index is 13.0. The van der Waals surface area contributed by atoms with Crippen LogP contribution in [0.25, 0.3) is 20.3 Å². The van der Waals surface area contributed by atoms with Gasteiger partial charge in [-0.2, -0.15) is 0 Å². The number of benzene rings is 1. The number of thiophene rings is 2. The molecule has 0 bridgehead atoms. The van der Waals surface area contributed by atoms with Gasteiger partial charge in [-0.05, 0) is 50.5 Å². The number of hydrogen-bond donors (Lipinski definition) is 1. The molecule has 2 fully saturated rings. The highest BCUT2D eigenvalue weighted by molar-refractivity contribution is 7.21. The minimum absolute atomic E-state index is 0.00554. The van der Waals surface area contributed by atoms with E-state index in [1.807, 2.05) is 42.2 Å². The molecular formula is C26H25N3O4S2. The van der Waals surface area contributed by atoms with Gasteiger partial charge in [0.15, 0.2) is 0 Å². The Kier molecular flexibility index (Phi) is 5.70. The Hall–Kier alpha value is -3.01. The van der Waals surface area contributed by atoms with Crippen molar-refractivity contribution in [2.24, 2.45) is 0 Å². The lowest BCUT2D eigenvalue weighted by Gasteiger charge is -2.14. The largest absolute Gasteiger partial charge is 0.456 e. The zero-order valence-corrected chi connectivity index (χ0v) is 21.1. The van der Waals surface area contributed by atoms with E-state index in [0.29, 0.717) is 35.5 Å². The number of aryl methyl sites for hydroxylation is 1. The van der Waals surface area contributed by atoms with Crippen LogP contribution in [0.3, 0.4) is 0 Å². The van der Waals surface area contributed by atoms with Crippen LogP contribution in [0.4, 0.5) is 0 Å². The van der Waals surface area contributed by atoms with Gasteiger partial charge in [-0.15, -0.1) is 22.7 Å². The molecule has 3 aromatic heterocycles. The van der Waals surface area contributed by atoms with Crippen LogP contribution in [-0.2, 0) is 4.74 Å². The molecule has 0 unspecified atom stereocenters. The molecule has 1 N–H and O–H groups in total. The number of rotatable bonds is 6. The first-order valence-corrected chi connectivity index (χ1v) is 13.4. The van der Waals surface area contributed by atoms with Crippen LogP contribution in [0.2, 0.25) is 0 Å². The van der Waals surface area contributed by atoms with E-state index < -0.39 is 0 Å². The number of pyridine rings is 1. The lowest BCUT2D eigenvalue weighted by molar-refractivity contribution is 0.0728. The molecule has 0 radical (unpaired) electrons. The molecule has 1 aliphatic heterocycles. The Bertz CT molecular complexity index is 1460. The summed E-state index contributed by atoms with van der Waals surface area (Å²) in [6, 6.07) is 9.81. The average molecular weight is 508 g/mol. The van der Waals surface area contributed by atoms with Gasteiger partial charge >= 0.3 is 0 Å². The van der Waals surface area contributed by atoms with Gasteiger partial charge in [-0.25, -0.2) is 0 Å². The maximum absolute atomic E-state index is 13.0. The van der Waals surface area contributed by atoms with Crippen molar-refractivity contribution < 1.29 is 19.1 Å². The fourth-order valence-electron chi connectivity index (χ4n) is 4.52. The second kappa shape index (κ2) is 8.89. The number of carbonyl (C=O) groups is 2. The molecule has 4 aromatic rings. The van der Waals surface area contributed by atoms with Crippen LogP contribution in [0, 0.1) is 6.92 Å². The first-order valence-electron chi connectivity index (χ1n) is 11.7. The normalized spacial score (nSPS) is 17.9. The second-order valence-electron chi connectivity index (χ2n) is 9.07. The molecule has 35 heavy (non-hydrogen) atoms. The van der Waals surface area contributed by atoms with Crippen molar-refractivity contribution >= 4 is 54.8 Å². The topological polar surface area (TPSA) is 80.8 Å². The minimum atomic E-state index is 0.00554. The lowest BCUT2D eigenvalue weighted by atomic mass is 10.1. The summed E-state index contributed by atoms with van der Waals surface area (Å²) in [4.78, 5) is 33.7. The van der Waals surface area contributed by atoms with E-state index in [1.165, 1.54) is 11.3 Å². The van der Waals surface area contributed by atoms with Crippen molar-refractivity contribution in [1.29, 1.82) is 0 Å². The summed E-state index contributed by atoms with van der Waals surface area (Å²) >= 11 is 3.00. The fourth-order valence-corrected chi connectivity index (χ4v) is 6.64. The average Bonchev–Trinajstić information content (AvgIpc) is 3.24. The molecule has 9 heteroatoms. The molecular weight excluding hydrogens is 482 g/mol. The van der Waals surface area contributed by atoms with Gasteiger partial charge in [0.25, 0.3) is 11.8 Å². The van der Waals surface area contributed by atoms with Crippen molar-refractivity contribution in [3.05, 3.63) is 51.8 Å². The van der Waals surface area contributed by atoms with E-state index >= 15 is 0 Å². The minimum Gasteiger partial charge on any atom is -0.456 e. The summed E-state index contributed by atoms with van der Waals surface area (Å²) in [5.41, 5.74) is 1.50. The zero-order valence-electron chi connectivity index (χ0n) is 19.5. The van der Waals surface area contributed by atoms with Crippen LogP contribution >= 0.6 is 22.7 Å². The summed E-state index contributed by atoms with van der Waals surface area (Å²) in [5.74, 6) is 1.36. The quantitative estimate of drug-likeness (QED) is 0.380. The number of amides is 2. The number of ether oxygens (including phenoxy) is 2. The Balaban J connectivity index is 1.27. The summed E-state index contributed by atoms with van der Waals surface area (Å²) in [7, 11) is 1.68. The number of likely N-dealkylation sites (tertiary alicyclic amines) is 1. The SMILES string of the molecule is CO[C@@H]1CCN(C(=O)c2cc3nccc(Oc4ccc5c(C(=O)NC6CC6)c(C)sc5c4)c3s2)C1. The van der Waals surface area contributed by atoms with Crippen molar-refractivity contribution in [2.45, 2.75) is 38.3 Å². The number of aromatic nitrogens is 1. The molecule has 1 aromatic carbocycles. The van der Waals surface area contributed by atoms with E-state index in [2.05, 4.69) is 10.3 Å². The molecule has 6 rings (SSSR count). The van der Waals surface area contributed by atoms with Gasteiger partial charge in [0.05, 0.1) is 26.8 Å². The second-order valence-corrected chi connectivity index (χ2v) is 11.4. The first-order chi connectivity index (χ1) is 17.0. The third-order valence-corrected chi connectivity index (χ3v) is 8.75. The Morgan fingerprint density at radius 1 is 1.14 bits per heavy atom. The molecule has 1 aliphatic carbocycles. The smallest absolute Gasteiger partial charge is 0.264 e. The standard InChI is InChI=1S/C26H25N3O4S2/c1-14-23(25(30)28-15-3-4-15)18-6-5-16(11-21(18)34-14)33-20-7-9-27-19-12-22(35-24(19)20)26(31)29-10-8-17(13-29)32-2/h5-7,9,11-12,15,17H,3-4,8,10,13H2,1-2H3,(H,28,30)/t17-/m1/s1. The van der Waals surface area contributed by atoms with Crippen molar-refractivity contribution in [3.8, 4) is 11.5 Å². The third kappa shape index (κ3) is 4.28. The van der Waals surface area contributed by atoms with Gasteiger partial charge in [-0.1, -0.05) is 0 Å². The molecule has 1 atom stereocenters. The molecule has 4 heterocycles.